The van der Waals surface area contributed by atoms with Crippen molar-refractivity contribution in [3.8, 4) is 5.75 Å². The summed E-state index contributed by atoms with van der Waals surface area (Å²) in [5.74, 6) is 1.36. The van der Waals surface area contributed by atoms with Crippen LogP contribution in [-0.4, -0.2) is 5.11 Å². The van der Waals surface area contributed by atoms with Gasteiger partial charge in [0.25, 0.3) is 0 Å². The fraction of sp³-hybridized carbons (Fsp3) is 0.412. The van der Waals surface area contributed by atoms with E-state index < -0.39 is 0 Å². The third kappa shape index (κ3) is 1.98. The lowest BCUT2D eigenvalue weighted by Crippen LogP contribution is -1.99. The molecule has 0 heterocycles. The number of aryl methyl sites for hydroxylation is 1. The van der Waals surface area contributed by atoms with E-state index in [0.29, 0.717) is 17.6 Å². The van der Waals surface area contributed by atoms with E-state index in [0.717, 1.165) is 36.8 Å². The van der Waals surface area contributed by atoms with E-state index in [1.807, 2.05) is 0 Å². The lowest BCUT2D eigenvalue weighted by Gasteiger charge is -2.18. The Morgan fingerprint density at radius 3 is 1.83 bits per heavy atom. The fourth-order valence-corrected chi connectivity index (χ4v) is 3.18. The molecule has 1 heteroatoms. The molecule has 0 radical (unpaired) electrons. The van der Waals surface area contributed by atoms with Crippen molar-refractivity contribution in [1.29, 1.82) is 0 Å². The maximum Gasteiger partial charge on any atom is 0.123 e. The van der Waals surface area contributed by atoms with Crippen molar-refractivity contribution in [2.75, 3.05) is 0 Å². The van der Waals surface area contributed by atoms with Crippen LogP contribution in [0.2, 0.25) is 0 Å². The minimum atomic E-state index is 0.411. The fourth-order valence-electron chi connectivity index (χ4n) is 3.18. The van der Waals surface area contributed by atoms with Crippen LogP contribution in [0.4, 0.5) is 0 Å². The first-order chi connectivity index (χ1) is 8.75. The van der Waals surface area contributed by atoms with E-state index in [1.165, 1.54) is 5.56 Å². The van der Waals surface area contributed by atoms with Gasteiger partial charge in [0.15, 0.2) is 0 Å². The predicted molar refractivity (Wildman–Crippen MR) is 75.1 cm³/mol. The summed E-state index contributed by atoms with van der Waals surface area (Å²) >= 11 is 0. The standard InChI is InChI=1S/C17H20O/c1-12-10-15(13-6-2-3-7-13)17(18)16(11-12)14-8-4-5-9-14/h2,4,6,8,10-11,13-14,18H,3,5,7,9H2,1H3. The van der Waals surface area contributed by atoms with Crippen molar-refractivity contribution in [3.05, 3.63) is 53.1 Å². The Balaban J connectivity index is 2.03. The van der Waals surface area contributed by atoms with Crippen LogP contribution >= 0.6 is 0 Å². The summed E-state index contributed by atoms with van der Waals surface area (Å²) < 4.78 is 0. The molecule has 3 rings (SSSR count). The molecular formula is C17H20O. The van der Waals surface area contributed by atoms with Crippen LogP contribution in [0.15, 0.2) is 36.4 Å². The molecule has 94 valence electrons. The maximum atomic E-state index is 10.6. The Labute approximate surface area is 109 Å². The van der Waals surface area contributed by atoms with E-state index in [4.69, 9.17) is 0 Å². The van der Waals surface area contributed by atoms with Gasteiger partial charge in [-0.15, -0.1) is 0 Å². The Bertz CT molecular complexity index is 467. The van der Waals surface area contributed by atoms with Crippen LogP contribution in [0, 0.1) is 6.92 Å². The smallest absolute Gasteiger partial charge is 0.123 e. The quantitative estimate of drug-likeness (QED) is 0.751. The average Bonchev–Trinajstić information content (AvgIpc) is 3.02. The van der Waals surface area contributed by atoms with E-state index in [-0.39, 0.29) is 0 Å². The van der Waals surface area contributed by atoms with Gasteiger partial charge in [0.1, 0.15) is 5.75 Å². The Morgan fingerprint density at radius 2 is 1.44 bits per heavy atom. The second-order valence-electron chi connectivity index (χ2n) is 5.52. The van der Waals surface area contributed by atoms with Gasteiger partial charge in [-0.05, 0) is 32.6 Å². The third-order valence-electron chi connectivity index (χ3n) is 4.14. The first kappa shape index (κ1) is 11.6. The highest BCUT2D eigenvalue weighted by Crippen LogP contribution is 2.41. The number of phenolic OH excluding ortho intramolecular Hbond substituents is 1. The molecule has 1 aromatic rings. The summed E-state index contributed by atoms with van der Waals surface area (Å²) in [6.45, 7) is 2.13. The van der Waals surface area contributed by atoms with Gasteiger partial charge in [0.2, 0.25) is 0 Å². The lowest BCUT2D eigenvalue weighted by atomic mass is 9.88. The number of aromatic hydroxyl groups is 1. The first-order valence-corrected chi connectivity index (χ1v) is 6.92. The molecule has 1 N–H and O–H groups in total. The van der Waals surface area contributed by atoms with E-state index in [1.54, 1.807) is 0 Å². The molecule has 2 aliphatic carbocycles. The summed E-state index contributed by atoms with van der Waals surface area (Å²) in [4.78, 5) is 0. The monoisotopic (exact) mass is 240 g/mol. The molecule has 0 saturated heterocycles. The minimum absolute atomic E-state index is 0.411. The van der Waals surface area contributed by atoms with Crippen LogP contribution in [0.3, 0.4) is 0 Å². The summed E-state index contributed by atoms with van der Waals surface area (Å²) in [6.07, 6.45) is 13.5. The predicted octanol–water partition coefficient (Wildman–Crippen LogP) is 4.57. The molecular weight excluding hydrogens is 220 g/mol. The van der Waals surface area contributed by atoms with E-state index in [9.17, 15) is 5.11 Å². The zero-order valence-electron chi connectivity index (χ0n) is 10.9. The van der Waals surface area contributed by atoms with E-state index in [2.05, 4.69) is 43.4 Å². The van der Waals surface area contributed by atoms with Gasteiger partial charge in [-0.2, -0.15) is 0 Å². The Kier molecular flexibility index (Phi) is 2.99. The highest BCUT2D eigenvalue weighted by atomic mass is 16.3. The van der Waals surface area contributed by atoms with Crippen molar-refractivity contribution in [3.63, 3.8) is 0 Å². The molecule has 0 spiro atoms. The zero-order valence-corrected chi connectivity index (χ0v) is 10.9. The maximum absolute atomic E-state index is 10.6. The molecule has 0 aliphatic heterocycles. The molecule has 0 amide bonds. The van der Waals surface area contributed by atoms with Gasteiger partial charge in [0, 0.05) is 23.0 Å². The van der Waals surface area contributed by atoms with Crippen LogP contribution < -0.4 is 0 Å². The molecule has 2 unspecified atom stereocenters. The molecule has 2 aliphatic rings. The second kappa shape index (κ2) is 4.64. The van der Waals surface area contributed by atoms with Crippen LogP contribution in [0.1, 0.15) is 54.2 Å². The third-order valence-corrected chi connectivity index (χ3v) is 4.14. The van der Waals surface area contributed by atoms with Crippen molar-refractivity contribution in [2.45, 2.75) is 44.4 Å². The number of hydrogen-bond donors (Lipinski definition) is 1. The average molecular weight is 240 g/mol. The molecule has 0 saturated carbocycles. The number of phenols is 1. The van der Waals surface area contributed by atoms with Crippen molar-refractivity contribution in [2.24, 2.45) is 0 Å². The minimum Gasteiger partial charge on any atom is -0.507 e. The number of rotatable bonds is 2. The Morgan fingerprint density at radius 1 is 0.944 bits per heavy atom. The first-order valence-electron chi connectivity index (χ1n) is 6.92. The molecule has 2 atom stereocenters. The van der Waals surface area contributed by atoms with Crippen LogP contribution in [-0.2, 0) is 0 Å². The van der Waals surface area contributed by atoms with Gasteiger partial charge in [-0.3, -0.25) is 0 Å². The van der Waals surface area contributed by atoms with Crippen molar-refractivity contribution in [1.82, 2.24) is 0 Å². The second-order valence-corrected chi connectivity index (χ2v) is 5.52. The highest BCUT2D eigenvalue weighted by molar-refractivity contribution is 5.50. The van der Waals surface area contributed by atoms with Gasteiger partial charge in [-0.1, -0.05) is 42.0 Å². The van der Waals surface area contributed by atoms with Crippen molar-refractivity contribution < 1.29 is 5.11 Å². The van der Waals surface area contributed by atoms with Crippen LogP contribution in [0.25, 0.3) is 0 Å². The topological polar surface area (TPSA) is 20.2 Å². The summed E-state index contributed by atoms with van der Waals surface area (Å²) in [5, 5.41) is 10.6. The summed E-state index contributed by atoms with van der Waals surface area (Å²) in [6, 6.07) is 4.30. The molecule has 1 nitrogen and oxygen atoms in total. The van der Waals surface area contributed by atoms with Gasteiger partial charge < -0.3 is 5.11 Å². The molecule has 18 heavy (non-hydrogen) atoms. The number of allylic oxidation sites excluding steroid dienone is 4. The highest BCUT2D eigenvalue weighted by Gasteiger charge is 2.22. The van der Waals surface area contributed by atoms with Gasteiger partial charge in [0.05, 0.1) is 0 Å². The lowest BCUT2D eigenvalue weighted by molar-refractivity contribution is 0.454. The Hall–Kier alpha value is -1.50. The van der Waals surface area contributed by atoms with Crippen molar-refractivity contribution >= 4 is 0 Å². The molecule has 0 bridgehead atoms. The van der Waals surface area contributed by atoms with E-state index >= 15 is 0 Å². The number of hydrogen-bond acceptors (Lipinski definition) is 1. The SMILES string of the molecule is Cc1cc(C2C=CCC2)c(O)c(C2C=CCC2)c1. The molecule has 0 fully saturated rings. The summed E-state index contributed by atoms with van der Waals surface area (Å²) in [5.41, 5.74) is 3.51. The largest absolute Gasteiger partial charge is 0.507 e. The number of benzene rings is 1. The summed E-state index contributed by atoms with van der Waals surface area (Å²) in [7, 11) is 0. The zero-order chi connectivity index (χ0) is 12.5. The van der Waals surface area contributed by atoms with Gasteiger partial charge in [-0.25, -0.2) is 0 Å². The van der Waals surface area contributed by atoms with Crippen LogP contribution in [0.5, 0.6) is 5.75 Å². The molecule has 0 aromatic heterocycles. The molecule has 1 aromatic carbocycles. The van der Waals surface area contributed by atoms with Gasteiger partial charge >= 0.3 is 0 Å². The normalized spacial score (nSPS) is 26.1.